The largest absolute Gasteiger partial charge is 0.353 e. The van der Waals surface area contributed by atoms with Crippen molar-refractivity contribution < 1.29 is 4.79 Å². The van der Waals surface area contributed by atoms with Gasteiger partial charge in [0.25, 0.3) is 11.1 Å². The molecule has 0 aromatic carbocycles. The quantitative estimate of drug-likeness (QED) is 0.669. The normalized spacial score (nSPS) is 13.3. The fraction of sp³-hybridized carbons (Fsp3) is 0.368. The third kappa shape index (κ3) is 3.68. The van der Waals surface area contributed by atoms with Gasteiger partial charge in [0.05, 0.1) is 17.6 Å². The number of nitrogens with one attached hydrogen (secondary N) is 1. The molecule has 9 heteroatoms. The number of amides is 1. The molecule has 3 aromatic heterocycles. The summed E-state index contributed by atoms with van der Waals surface area (Å²) in [5.74, 6) is -0.335. The van der Waals surface area contributed by atoms with Gasteiger partial charge in [0.2, 0.25) is 5.91 Å². The van der Waals surface area contributed by atoms with Gasteiger partial charge in [0, 0.05) is 18.8 Å². The Morgan fingerprint density at radius 1 is 1.18 bits per heavy atom. The monoisotopic (exact) mass is 380 g/mol. The molecule has 1 N–H and O–H groups in total. The maximum absolute atomic E-state index is 12.4. The summed E-state index contributed by atoms with van der Waals surface area (Å²) in [6.45, 7) is 0.387. The van der Waals surface area contributed by atoms with E-state index in [2.05, 4.69) is 20.4 Å². The molecule has 0 bridgehead atoms. The van der Waals surface area contributed by atoms with E-state index in [-0.39, 0.29) is 36.7 Å². The molecule has 0 atom stereocenters. The highest BCUT2D eigenvalue weighted by atomic mass is 16.2. The van der Waals surface area contributed by atoms with Crippen LogP contribution in [0.3, 0.4) is 0 Å². The van der Waals surface area contributed by atoms with Gasteiger partial charge >= 0.3 is 0 Å². The zero-order chi connectivity index (χ0) is 19.5. The maximum atomic E-state index is 12.4. The predicted octanol–water partition coefficient (Wildman–Crippen LogP) is 0.0434. The van der Waals surface area contributed by atoms with Gasteiger partial charge in [-0.25, -0.2) is 14.6 Å². The molecule has 0 saturated carbocycles. The van der Waals surface area contributed by atoms with Crippen molar-refractivity contribution in [2.45, 2.75) is 38.8 Å². The van der Waals surface area contributed by atoms with Crippen LogP contribution >= 0.6 is 0 Å². The van der Waals surface area contributed by atoms with Crippen LogP contribution in [0, 0.1) is 0 Å². The molecule has 9 nitrogen and oxygen atoms in total. The van der Waals surface area contributed by atoms with Gasteiger partial charge in [-0.3, -0.25) is 19.0 Å². The van der Waals surface area contributed by atoms with Gasteiger partial charge in [-0.05, 0) is 43.4 Å². The third-order valence-electron chi connectivity index (χ3n) is 4.83. The first-order valence-corrected chi connectivity index (χ1v) is 9.28. The highest BCUT2D eigenvalue weighted by Crippen LogP contribution is 2.16. The lowest BCUT2D eigenvalue weighted by Crippen LogP contribution is -2.36. The molecule has 3 aromatic rings. The molecule has 1 aliphatic carbocycles. The number of carbonyl (C=O) groups excluding carboxylic acids is 1. The molecule has 0 unspecified atom stereocenters. The predicted molar refractivity (Wildman–Crippen MR) is 102 cm³/mol. The van der Waals surface area contributed by atoms with Gasteiger partial charge in [-0.2, -0.15) is 5.10 Å². The Morgan fingerprint density at radius 3 is 2.93 bits per heavy atom. The Labute approximate surface area is 160 Å². The minimum absolute atomic E-state index is 0.150. The Bertz CT molecular complexity index is 1150. The van der Waals surface area contributed by atoms with Crippen molar-refractivity contribution in [1.82, 2.24) is 29.6 Å². The number of pyridine rings is 1. The van der Waals surface area contributed by atoms with E-state index >= 15 is 0 Å². The molecule has 0 saturated heterocycles. The van der Waals surface area contributed by atoms with Crippen molar-refractivity contribution in [2.24, 2.45) is 0 Å². The molecule has 0 fully saturated rings. The fourth-order valence-corrected chi connectivity index (χ4v) is 3.38. The van der Waals surface area contributed by atoms with Crippen molar-refractivity contribution in [3.05, 3.63) is 62.7 Å². The molecule has 1 amide bonds. The van der Waals surface area contributed by atoms with Crippen molar-refractivity contribution in [3.63, 3.8) is 0 Å². The van der Waals surface area contributed by atoms with E-state index in [0.717, 1.165) is 36.9 Å². The summed E-state index contributed by atoms with van der Waals surface area (Å²) in [5.41, 5.74) is 1.88. The molecule has 3 heterocycles. The summed E-state index contributed by atoms with van der Waals surface area (Å²) in [6.07, 6.45) is 6.83. The third-order valence-corrected chi connectivity index (χ3v) is 4.83. The molecule has 0 spiro atoms. The second kappa shape index (κ2) is 7.71. The first-order valence-electron chi connectivity index (χ1n) is 9.28. The van der Waals surface area contributed by atoms with Crippen LogP contribution in [0.4, 0.5) is 0 Å². The van der Waals surface area contributed by atoms with Gasteiger partial charge in [0.1, 0.15) is 12.9 Å². The number of hydrogen-bond donors (Lipinski definition) is 1. The number of aromatic nitrogens is 5. The van der Waals surface area contributed by atoms with Crippen LogP contribution in [-0.2, 0) is 30.7 Å². The summed E-state index contributed by atoms with van der Waals surface area (Å²) < 4.78 is 2.63. The number of rotatable bonds is 5. The molecule has 1 aliphatic rings. The van der Waals surface area contributed by atoms with Crippen LogP contribution in [0.1, 0.15) is 24.1 Å². The highest BCUT2D eigenvalue weighted by Gasteiger charge is 2.13. The van der Waals surface area contributed by atoms with Gasteiger partial charge in [-0.15, -0.1) is 0 Å². The van der Waals surface area contributed by atoms with E-state index in [1.54, 1.807) is 24.4 Å². The number of carbonyl (C=O) groups is 1. The number of fused-ring (bicyclic) bond motifs is 2. The summed E-state index contributed by atoms with van der Waals surface area (Å²) in [7, 11) is 0. The average molecular weight is 380 g/mol. The second-order valence-electron chi connectivity index (χ2n) is 6.79. The van der Waals surface area contributed by atoms with Gasteiger partial charge in [-0.1, -0.05) is 0 Å². The number of hydrogen-bond acceptors (Lipinski definition) is 6. The maximum Gasteiger partial charge on any atom is 0.267 e. The van der Waals surface area contributed by atoms with E-state index in [1.807, 2.05) is 0 Å². The number of nitrogens with zero attached hydrogens (tertiary/aromatic N) is 5. The molecule has 0 radical (unpaired) electrons. The molecule has 144 valence electrons. The Balaban J connectivity index is 1.38. The molecular weight excluding hydrogens is 360 g/mol. The summed E-state index contributed by atoms with van der Waals surface area (Å²) >= 11 is 0. The Hall–Kier alpha value is -3.36. The topological polar surface area (TPSA) is 112 Å². The lowest BCUT2D eigenvalue weighted by atomic mass is 9.97. The molecule has 28 heavy (non-hydrogen) atoms. The van der Waals surface area contributed by atoms with E-state index in [1.165, 1.54) is 15.6 Å². The Kier molecular flexibility index (Phi) is 4.96. The molecule has 4 rings (SSSR count). The van der Waals surface area contributed by atoms with Crippen molar-refractivity contribution in [3.8, 4) is 0 Å². The standard InChI is InChI=1S/C19H20N6O3/c26-16(11-24-12-22-18-14(19(24)28)5-3-7-21-18)20-8-9-25-17(27)10-13-4-1-2-6-15(13)23-25/h3,5,7,10,12H,1-2,4,6,8-9,11H2,(H,20,26). The minimum atomic E-state index is -0.335. The van der Waals surface area contributed by atoms with Crippen LogP contribution in [0.5, 0.6) is 0 Å². The number of aryl methyl sites for hydroxylation is 2. The van der Waals surface area contributed by atoms with Crippen LogP contribution in [0.15, 0.2) is 40.3 Å². The van der Waals surface area contributed by atoms with Crippen LogP contribution in [0.2, 0.25) is 0 Å². The summed E-state index contributed by atoms with van der Waals surface area (Å²) in [4.78, 5) is 44.8. The van der Waals surface area contributed by atoms with E-state index < -0.39 is 0 Å². The van der Waals surface area contributed by atoms with Crippen LogP contribution in [-0.4, -0.2) is 36.8 Å². The lowest BCUT2D eigenvalue weighted by Gasteiger charge is -2.16. The fourth-order valence-electron chi connectivity index (χ4n) is 3.38. The van der Waals surface area contributed by atoms with E-state index in [0.29, 0.717) is 11.0 Å². The highest BCUT2D eigenvalue weighted by molar-refractivity contribution is 5.77. The molecular formula is C19H20N6O3. The van der Waals surface area contributed by atoms with Crippen LogP contribution < -0.4 is 16.4 Å². The van der Waals surface area contributed by atoms with E-state index in [9.17, 15) is 14.4 Å². The lowest BCUT2D eigenvalue weighted by molar-refractivity contribution is -0.121. The van der Waals surface area contributed by atoms with Crippen molar-refractivity contribution >= 4 is 16.9 Å². The zero-order valence-electron chi connectivity index (χ0n) is 15.3. The minimum Gasteiger partial charge on any atom is -0.353 e. The summed E-state index contributed by atoms with van der Waals surface area (Å²) in [5, 5.41) is 7.51. The first kappa shape index (κ1) is 18.0. The van der Waals surface area contributed by atoms with Crippen molar-refractivity contribution in [2.75, 3.05) is 6.54 Å². The average Bonchev–Trinajstić information content (AvgIpc) is 2.71. The molecule has 0 aliphatic heterocycles. The second-order valence-corrected chi connectivity index (χ2v) is 6.79. The Morgan fingerprint density at radius 2 is 2.04 bits per heavy atom. The summed E-state index contributed by atoms with van der Waals surface area (Å²) in [6, 6.07) is 4.93. The SMILES string of the molecule is O=C(Cn1cnc2ncccc2c1=O)NCCn1nc2c(cc1=O)CCCC2. The van der Waals surface area contributed by atoms with Gasteiger partial charge < -0.3 is 5.32 Å². The zero-order valence-corrected chi connectivity index (χ0v) is 15.3. The van der Waals surface area contributed by atoms with Crippen LogP contribution in [0.25, 0.3) is 11.0 Å². The van der Waals surface area contributed by atoms with E-state index in [4.69, 9.17) is 0 Å². The van der Waals surface area contributed by atoms with Crippen molar-refractivity contribution in [1.29, 1.82) is 0 Å². The first-order chi connectivity index (χ1) is 13.6. The van der Waals surface area contributed by atoms with Gasteiger partial charge in [0.15, 0.2) is 5.65 Å². The smallest absolute Gasteiger partial charge is 0.267 e.